The third-order valence-corrected chi connectivity index (χ3v) is 5.42. The number of amides is 1. The minimum absolute atomic E-state index is 0.0267. The highest BCUT2D eigenvalue weighted by molar-refractivity contribution is 5.97. The van der Waals surface area contributed by atoms with Gasteiger partial charge in [-0.05, 0) is 54.7 Å². The monoisotopic (exact) mass is 425 g/mol. The third-order valence-electron chi connectivity index (χ3n) is 5.42. The van der Waals surface area contributed by atoms with E-state index >= 15 is 0 Å². The number of ether oxygens (including phenoxy) is 3. The molecule has 6 heteroatoms. The van der Waals surface area contributed by atoms with Crippen molar-refractivity contribution in [2.24, 2.45) is 0 Å². The number of hydrogen-bond donors (Lipinski definition) is 0. The molecule has 0 fully saturated rings. The van der Waals surface area contributed by atoms with Crippen molar-refractivity contribution < 1.29 is 23.8 Å². The minimum Gasteiger partial charge on any atom is -0.493 e. The van der Waals surface area contributed by atoms with Gasteiger partial charge in [0.15, 0.2) is 11.5 Å². The molecule has 0 N–H and O–H groups in total. The zero-order valence-electron chi connectivity index (χ0n) is 18.6. The second-order valence-corrected chi connectivity index (χ2v) is 7.75. The van der Waals surface area contributed by atoms with Crippen molar-refractivity contribution in [1.82, 2.24) is 4.90 Å². The number of fused-ring (bicyclic) bond motifs is 1. The van der Waals surface area contributed by atoms with Crippen LogP contribution in [0.2, 0.25) is 0 Å². The van der Waals surface area contributed by atoms with E-state index in [1.54, 1.807) is 19.2 Å². The molecule has 1 heterocycles. The van der Waals surface area contributed by atoms with Gasteiger partial charge in [0.1, 0.15) is 5.75 Å². The number of carbonyl (C=O) groups excluding carboxylic acids is 2. The molecule has 2 aromatic carbocycles. The van der Waals surface area contributed by atoms with Crippen LogP contribution >= 0.6 is 0 Å². The Morgan fingerprint density at radius 1 is 1.10 bits per heavy atom. The van der Waals surface area contributed by atoms with E-state index < -0.39 is 0 Å². The highest BCUT2D eigenvalue weighted by atomic mass is 16.5. The number of nitrogens with zero attached hydrogens (tertiary/aromatic N) is 1. The number of rotatable bonds is 10. The van der Waals surface area contributed by atoms with Gasteiger partial charge in [-0.3, -0.25) is 9.59 Å². The first-order valence-corrected chi connectivity index (χ1v) is 10.9. The quantitative estimate of drug-likeness (QED) is 0.320. The molecule has 0 saturated carbocycles. The molecule has 0 saturated heterocycles. The molecular weight excluding hydrogens is 394 g/mol. The van der Waals surface area contributed by atoms with Crippen LogP contribution in [0.3, 0.4) is 0 Å². The lowest BCUT2D eigenvalue weighted by molar-refractivity contribution is -0.131. The van der Waals surface area contributed by atoms with Crippen LogP contribution in [0.4, 0.5) is 0 Å². The van der Waals surface area contributed by atoms with Crippen LogP contribution in [0.1, 0.15) is 54.6 Å². The molecule has 1 aliphatic rings. The zero-order valence-corrected chi connectivity index (χ0v) is 18.6. The van der Waals surface area contributed by atoms with E-state index in [2.05, 4.69) is 6.92 Å². The zero-order chi connectivity index (χ0) is 22.2. The fourth-order valence-corrected chi connectivity index (χ4v) is 3.71. The Labute approximate surface area is 184 Å². The molecule has 1 amide bonds. The van der Waals surface area contributed by atoms with Crippen molar-refractivity contribution >= 4 is 11.9 Å². The van der Waals surface area contributed by atoms with Crippen molar-refractivity contribution in [2.75, 3.05) is 26.8 Å². The summed E-state index contributed by atoms with van der Waals surface area (Å²) in [7, 11) is 1.63. The van der Waals surface area contributed by atoms with Gasteiger partial charge in [0.05, 0.1) is 13.7 Å². The van der Waals surface area contributed by atoms with E-state index in [0.717, 1.165) is 43.2 Å². The van der Waals surface area contributed by atoms with Gasteiger partial charge < -0.3 is 19.1 Å². The molecule has 0 aliphatic carbocycles. The lowest BCUT2D eigenvalue weighted by atomic mass is 9.97. The Bertz CT molecular complexity index is 907. The molecule has 2 aromatic rings. The van der Waals surface area contributed by atoms with Crippen LogP contribution in [0.5, 0.6) is 17.2 Å². The van der Waals surface area contributed by atoms with Crippen LogP contribution < -0.4 is 14.2 Å². The summed E-state index contributed by atoms with van der Waals surface area (Å²) in [5, 5.41) is 0. The second kappa shape index (κ2) is 10.8. The van der Waals surface area contributed by atoms with Crippen molar-refractivity contribution in [3.8, 4) is 17.2 Å². The van der Waals surface area contributed by atoms with Crippen LogP contribution in [-0.4, -0.2) is 43.6 Å². The maximum Gasteiger partial charge on any atom is 0.308 e. The predicted octanol–water partition coefficient (Wildman–Crippen LogP) is 4.43. The standard InChI is InChI=1S/C25H31NO5/c1-4-5-6-15-30-24-17-22-20(16-23(24)29-3)12-14-26(25(22)28)13-11-19-7-9-21(10-8-19)31-18(2)27/h7-10,16-17H,4-6,11-15H2,1-3H3. The molecular formula is C25H31NO5. The van der Waals surface area contributed by atoms with Gasteiger partial charge in [-0.1, -0.05) is 31.9 Å². The van der Waals surface area contributed by atoms with E-state index in [1.165, 1.54) is 6.92 Å². The van der Waals surface area contributed by atoms with Crippen LogP contribution in [0.25, 0.3) is 0 Å². The Kier molecular flexibility index (Phi) is 7.93. The van der Waals surface area contributed by atoms with Gasteiger partial charge in [-0.15, -0.1) is 0 Å². The number of hydrogen-bond acceptors (Lipinski definition) is 5. The molecule has 0 bridgehead atoms. The third kappa shape index (κ3) is 6.00. The molecule has 0 spiro atoms. The molecule has 0 unspecified atom stereocenters. The molecule has 166 valence electrons. The molecule has 6 nitrogen and oxygen atoms in total. The maximum absolute atomic E-state index is 13.1. The molecule has 0 aromatic heterocycles. The summed E-state index contributed by atoms with van der Waals surface area (Å²) in [4.78, 5) is 26.0. The number of carbonyl (C=O) groups is 2. The topological polar surface area (TPSA) is 65.1 Å². The first-order valence-electron chi connectivity index (χ1n) is 10.9. The van der Waals surface area contributed by atoms with Crippen LogP contribution in [0, 0.1) is 0 Å². The average Bonchev–Trinajstić information content (AvgIpc) is 2.76. The van der Waals surface area contributed by atoms with E-state index in [4.69, 9.17) is 14.2 Å². The second-order valence-electron chi connectivity index (χ2n) is 7.75. The summed E-state index contributed by atoms with van der Waals surface area (Å²) in [5.74, 6) is 1.53. The summed E-state index contributed by atoms with van der Waals surface area (Å²) >= 11 is 0. The molecule has 0 radical (unpaired) electrons. The van der Waals surface area contributed by atoms with Gasteiger partial charge in [0, 0.05) is 25.6 Å². The van der Waals surface area contributed by atoms with Crippen molar-refractivity contribution in [3.05, 3.63) is 53.1 Å². The molecule has 0 atom stereocenters. The molecule has 1 aliphatic heterocycles. The van der Waals surface area contributed by atoms with Crippen molar-refractivity contribution in [1.29, 1.82) is 0 Å². The Hall–Kier alpha value is -3.02. The summed E-state index contributed by atoms with van der Waals surface area (Å²) in [6.07, 6.45) is 4.75. The summed E-state index contributed by atoms with van der Waals surface area (Å²) in [6.45, 7) is 5.46. The Balaban J connectivity index is 1.65. The van der Waals surface area contributed by atoms with Gasteiger partial charge in [0.2, 0.25) is 0 Å². The van der Waals surface area contributed by atoms with E-state index in [9.17, 15) is 9.59 Å². The summed E-state index contributed by atoms with van der Waals surface area (Å²) in [5.41, 5.74) is 2.79. The number of benzene rings is 2. The highest BCUT2D eigenvalue weighted by Crippen LogP contribution is 2.33. The van der Waals surface area contributed by atoms with Gasteiger partial charge in [0.25, 0.3) is 5.91 Å². The normalized spacial score (nSPS) is 13.0. The van der Waals surface area contributed by atoms with E-state index in [1.807, 2.05) is 29.2 Å². The van der Waals surface area contributed by atoms with E-state index in [0.29, 0.717) is 42.5 Å². The minimum atomic E-state index is -0.337. The van der Waals surface area contributed by atoms with Gasteiger partial charge >= 0.3 is 5.97 Å². The lowest BCUT2D eigenvalue weighted by Gasteiger charge is -2.29. The number of esters is 1. The Morgan fingerprint density at radius 2 is 1.87 bits per heavy atom. The summed E-state index contributed by atoms with van der Waals surface area (Å²) in [6, 6.07) is 11.2. The molecule has 31 heavy (non-hydrogen) atoms. The fraction of sp³-hybridized carbons (Fsp3) is 0.440. The largest absolute Gasteiger partial charge is 0.493 e. The van der Waals surface area contributed by atoms with E-state index in [-0.39, 0.29) is 11.9 Å². The lowest BCUT2D eigenvalue weighted by Crippen LogP contribution is -2.38. The first-order chi connectivity index (χ1) is 15.0. The van der Waals surface area contributed by atoms with Crippen LogP contribution in [0.15, 0.2) is 36.4 Å². The van der Waals surface area contributed by atoms with Crippen molar-refractivity contribution in [3.63, 3.8) is 0 Å². The SMILES string of the molecule is CCCCCOc1cc2c(cc1OC)CCN(CCc1ccc(OC(C)=O)cc1)C2=O. The molecule has 3 rings (SSSR count). The fourth-order valence-electron chi connectivity index (χ4n) is 3.71. The highest BCUT2D eigenvalue weighted by Gasteiger charge is 2.26. The smallest absolute Gasteiger partial charge is 0.308 e. The Morgan fingerprint density at radius 3 is 2.55 bits per heavy atom. The maximum atomic E-state index is 13.1. The number of methoxy groups -OCH3 is 1. The average molecular weight is 426 g/mol. The van der Waals surface area contributed by atoms with Gasteiger partial charge in [-0.25, -0.2) is 0 Å². The first kappa shape index (κ1) is 22.7. The summed E-state index contributed by atoms with van der Waals surface area (Å²) < 4.78 is 16.5. The van der Waals surface area contributed by atoms with Crippen LogP contribution in [-0.2, 0) is 17.6 Å². The predicted molar refractivity (Wildman–Crippen MR) is 119 cm³/mol. The number of unbranched alkanes of at least 4 members (excludes halogenated alkanes) is 2. The van der Waals surface area contributed by atoms with Crippen molar-refractivity contribution in [2.45, 2.75) is 46.0 Å². The van der Waals surface area contributed by atoms with Gasteiger partial charge in [-0.2, -0.15) is 0 Å².